The van der Waals surface area contributed by atoms with Crippen LogP contribution >= 0.6 is 22.9 Å². The van der Waals surface area contributed by atoms with Gasteiger partial charge in [-0.1, -0.05) is 0 Å². The molecule has 200 valence electrons. The molecule has 15 heteroatoms. The molecule has 3 aromatic rings. The van der Waals surface area contributed by atoms with Crippen molar-refractivity contribution >= 4 is 57.4 Å². The third-order valence-corrected chi connectivity index (χ3v) is 9.55. The fourth-order valence-corrected chi connectivity index (χ4v) is 7.19. The Balaban J connectivity index is 0.000000285. The standard InChI is InChI=1S/C19H21N5O4S2.C4H3NO2S/c25-17(14-7-29-10-20-14)28-12-5-24(6-12)18-22-13-1-2-30(26)15(13)16(23-18)21-11-3-19(4-11)8-27-9-19;6-4(7)3-1-5-8-2-3/h7,10-12H,1-6,8-9H2,(H,21,22,23);1-2H,(H,6,7). The molecule has 3 aromatic heterocycles. The summed E-state index contributed by atoms with van der Waals surface area (Å²) in [5.41, 5.74) is 3.43. The Morgan fingerprint density at radius 3 is 2.66 bits per heavy atom. The number of aromatic nitrogens is 4. The lowest BCUT2D eigenvalue weighted by atomic mass is 9.64. The van der Waals surface area contributed by atoms with Crippen molar-refractivity contribution in [3.05, 3.63) is 39.4 Å². The van der Waals surface area contributed by atoms with Crippen LogP contribution in [-0.4, -0.2) is 84.8 Å². The molecule has 0 bridgehead atoms. The van der Waals surface area contributed by atoms with Crippen LogP contribution in [0.5, 0.6) is 0 Å². The number of hydrogen-bond donors (Lipinski definition) is 2. The van der Waals surface area contributed by atoms with Gasteiger partial charge in [0.2, 0.25) is 5.95 Å². The van der Waals surface area contributed by atoms with Gasteiger partial charge in [-0.3, -0.25) is 4.21 Å². The van der Waals surface area contributed by atoms with Gasteiger partial charge >= 0.3 is 11.9 Å². The number of hydrogen-bond acceptors (Lipinski definition) is 13. The Morgan fingerprint density at radius 1 is 1.24 bits per heavy atom. The Labute approximate surface area is 228 Å². The minimum atomic E-state index is -1.05. The number of fused-ring (bicyclic) bond motifs is 1. The van der Waals surface area contributed by atoms with E-state index in [1.54, 1.807) is 10.9 Å². The van der Waals surface area contributed by atoms with E-state index in [-0.39, 0.29) is 11.7 Å². The average molecular weight is 577 g/mol. The fourth-order valence-electron chi connectivity index (χ4n) is 4.84. The minimum absolute atomic E-state index is 0.202. The van der Waals surface area contributed by atoms with Crippen molar-refractivity contribution in [2.45, 2.75) is 36.3 Å². The molecular weight excluding hydrogens is 552 g/mol. The molecule has 38 heavy (non-hydrogen) atoms. The summed E-state index contributed by atoms with van der Waals surface area (Å²) >= 11 is 2.50. The predicted octanol–water partition coefficient (Wildman–Crippen LogP) is 2.07. The summed E-state index contributed by atoms with van der Waals surface area (Å²) in [6, 6.07) is 0.335. The Bertz CT molecular complexity index is 1350. The molecule has 0 radical (unpaired) electrons. The molecule has 3 aliphatic heterocycles. The number of ether oxygens (including phenoxy) is 2. The third-order valence-electron chi connectivity index (χ3n) is 6.92. The molecule has 1 saturated carbocycles. The van der Waals surface area contributed by atoms with E-state index >= 15 is 0 Å². The second-order valence-corrected chi connectivity index (χ2v) is 12.6. The van der Waals surface area contributed by atoms with Crippen molar-refractivity contribution in [1.29, 1.82) is 0 Å². The molecule has 7 rings (SSSR count). The van der Waals surface area contributed by atoms with Crippen molar-refractivity contribution in [3.63, 3.8) is 0 Å². The summed E-state index contributed by atoms with van der Waals surface area (Å²) in [6.45, 7) is 2.78. The molecule has 1 aliphatic carbocycles. The first kappa shape index (κ1) is 25.3. The van der Waals surface area contributed by atoms with Crippen LogP contribution in [0.4, 0.5) is 11.8 Å². The third kappa shape index (κ3) is 5.02. The lowest BCUT2D eigenvalue weighted by Gasteiger charge is -2.53. The molecule has 1 unspecified atom stereocenters. The van der Waals surface area contributed by atoms with E-state index in [0.717, 1.165) is 48.2 Å². The van der Waals surface area contributed by atoms with E-state index < -0.39 is 22.7 Å². The predicted molar refractivity (Wildman–Crippen MR) is 140 cm³/mol. The van der Waals surface area contributed by atoms with Crippen LogP contribution in [-0.2, 0) is 26.7 Å². The van der Waals surface area contributed by atoms with E-state index in [2.05, 4.69) is 19.7 Å². The maximum absolute atomic E-state index is 12.5. The Hall–Kier alpha value is -3.01. The van der Waals surface area contributed by atoms with Gasteiger partial charge in [0.25, 0.3) is 0 Å². The van der Waals surface area contributed by atoms with Gasteiger partial charge in [-0.2, -0.15) is 4.98 Å². The number of aryl methyl sites for hydroxylation is 1. The highest BCUT2D eigenvalue weighted by molar-refractivity contribution is 7.85. The molecule has 1 atom stereocenters. The molecule has 4 aliphatic rings. The summed E-state index contributed by atoms with van der Waals surface area (Å²) in [5.74, 6) is 0.593. The molecule has 2 saturated heterocycles. The van der Waals surface area contributed by atoms with Crippen molar-refractivity contribution in [2.24, 2.45) is 5.41 Å². The average Bonchev–Trinajstić information content (AvgIpc) is 3.59. The van der Waals surface area contributed by atoms with Gasteiger partial charge in [-0.05, 0) is 24.4 Å². The second-order valence-electron chi connectivity index (χ2n) is 9.71. The van der Waals surface area contributed by atoms with Crippen LogP contribution < -0.4 is 10.2 Å². The lowest BCUT2D eigenvalue weighted by Crippen LogP contribution is -2.56. The number of anilines is 2. The molecular formula is C23H24N6O6S3. The maximum Gasteiger partial charge on any atom is 0.358 e. The molecule has 3 fully saturated rings. The van der Waals surface area contributed by atoms with Gasteiger partial charge in [-0.15, -0.1) is 11.3 Å². The van der Waals surface area contributed by atoms with Gasteiger partial charge in [-0.25, -0.2) is 23.9 Å². The fraction of sp³-hybridized carbons (Fsp3) is 0.478. The van der Waals surface area contributed by atoms with Crippen LogP contribution in [0.1, 0.15) is 39.4 Å². The first-order chi connectivity index (χ1) is 18.4. The zero-order valence-electron chi connectivity index (χ0n) is 20.1. The van der Waals surface area contributed by atoms with Crippen LogP contribution in [0.2, 0.25) is 0 Å². The molecule has 0 amide bonds. The van der Waals surface area contributed by atoms with Gasteiger partial charge in [0.05, 0.1) is 60.1 Å². The van der Waals surface area contributed by atoms with Crippen LogP contribution in [0.3, 0.4) is 0 Å². The number of nitrogens with one attached hydrogen (secondary N) is 1. The summed E-state index contributed by atoms with van der Waals surface area (Å²) < 4.78 is 27.0. The summed E-state index contributed by atoms with van der Waals surface area (Å²) in [7, 11) is -1.05. The molecule has 12 nitrogen and oxygen atoms in total. The van der Waals surface area contributed by atoms with Crippen molar-refractivity contribution < 1.29 is 28.4 Å². The smallest absolute Gasteiger partial charge is 0.358 e. The van der Waals surface area contributed by atoms with Crippen LogP contribution in [0, 0.1) is 5.41 Å². The van der Waals surface area contributed by atoms with Gasteiger partial charge in [0.1, 0.15) is 16.8 Å². The number of thiazole rings is 1. The summed E-state index contributed by atoms with van der Waals surface area (Å²) in [6.07, 6.45) is 3.95. The maximum atomic E-state index is 12.5. The first-order valence-electron chi connectivity index (χ1n) is 12.0. The lowest BCUT2D eigenvalue weighted by molar-refractivity contribution is -0.159. The highest BCUT2D eigenvalue weighted by Crippen LogP contribution is 2.48. The highest BCUT2D eigenvalue weighted by atomic mass is 32.2. The molecule has 2 N–H and O–H groups in total. The van der Waals surface area contributed by atoms with E-state index in [1.165, 1.54) is 22.9 Å². The molecule has 0 aromatic carbocycles. The number of aromatic carboxylic acids is 1. The Kier molecular flexibility index (Phi) is 6.84. The number of rotatable bonds is 6. The monoisotopic (exact) mass is 576 g/mol. The quantitative estimate of drug-likeness (QED) is 0.413. The van der Waals surface area contributed by atoms with E-state index in [1.807, 2.05) is 4.90 Å². The van der Waals surface area contributed by atoms with Crippen LogP contribution in [0.25, 0.3) is 0 Å². The largest absolute Gasteiger partial charge is 0.478 e. The highest BCUT2D eigenvalue weighted by Gasteiger charge is 2.50. The number of carbonyl (C=O) groups is 2. The number of carboxylic acid groups (broad SMARTS) is 1. The minimum Gasteiger partial charge on any atom is -0.478 e. The van der Waals surface area contributed by atoms with E-state index in [0.29, 0.717) is 54.2 Å². The number of esters is 1. The molecule has 1 spiro atoms. The van der Waals surface area contributed by atoms with Crippen LogP contribution in [0.15, 0.2) is 27.4 Å². The second kappa shape index (κ2) is 10.3. The van der Waals surface area contributed by atoms with E-state index in [9.17, 15) is 13.8 Å². The van der Waals surface area contributed by atoms with Crippen molar-refractivity contribution in [2.75, 3.05) is 42.3 Å². The number of carboxylic acids is 1. The van der Waals surface area contributed by atoms with Gasteiger partial charge < -0.3 is 24.8 Å². The zero-order valence-corrected chi connectivity index (χ0v) is 22.5. The SMILES string of the molecule is O=C(O)c1cnsc1.O=C(OC1CN(c2nc3c(c(NC4CC5(COC5)C4)n2)S(=O)CC3)C1)c1cscn1. The van der Waals surface area contributed by atoms with E-state index in [4.69, 9.17) is 19.6 Å². The molecule has 6 heterocycles. The number of carbonyl (C=O) groups excluding carboxylic acids is 1. The van der Waals surface area contributed by atoms with Gasteiger partial charge in [0, 0.05) is 34.4 Å². The van der Waals surface area contributed by atoms with Gasteiger partial charge in [0.15, 0.2) is 5.69 Å². The topological polar surface area (TPSA) is 157 Å². The Morgan fingerprint density at radius 2 is 2.05 bits per heavy atom. The number of nitrogens with zero attached hydrogens (tertiary/aromatic N) is 5. The summed E-state index contributed by atoms with van der Waals surface area (Å²) in [5, 5.41) is 14.9. The first-order valence-corrected chi connectivity index (χ1v) is 15.1. The van der Waals surface area contributed by atoms with Crippen molar-refractivity contribution in [1.82, 2.24) is 19.3 Å². The van der Waals surface area contributed by atoms with Crippen molar-refractivity contribution in [3.8, 4) is 0 Å². The zero-order chi connectivity index (χ0) is 26.3. The normalized spacial score (nSPS) is 21.4. The summed E-state index contributed by atoms with van der Waals surface area (Å²) in [4.78, 5) is 38.2.